The Morgan fingerprint density at radius 3 is 2.81 bits per heavy atom. The van der Waals surface area contributed by atoms with Crippen molar-refractivity contribution in [3.63, 3.8) is 0 Å². The number of urea groups is 1. The molecule has 0 saturated heterocycles. The minimum Gasteiger partial charge on any atom is -0.508 e. The number of amides is 2. The monoisotopic (exact) mass is 290 g/mol. The van der Waals surface area contributed by atoms with Crippen molar-refractivity contribution in [3.05, 3.63) is 42.0 Å². The smallest absolute Gasteiger partial charge is 0.337 e. The van der Waals surface area contributed by atoms with Gasteiger partial charge in [0.1, 0.15) is 11.6 Å². The van der Waals surface area contributed by atoms with E-state index < -0.39 is 12.0 Å². The van der Waals surface area contributed by atoms with E-state index in [0.717, 1.165) is 11.9 Å². The summed E-state index contributed by atoms with van der Waals surface area (Å²) < 4.78 is 0. The predicted octanol–water partition coefficient (Wildman–Crippen LogP) is 1.18. The molecule has 0 aliphatic heterocycles. The number of anilines is 1. The molecule has 0 fully saturated rings. The lowest BCUT2D eigenvalue weighted by Crippen LogP contribution is -2.31. The maximum absolute atomic E-state index is 11.7. The first-order valence-corrected chi connectivity index (χ1v) is 6.15. The van der Waals surface area contributed by atoms with Gasteiger partial charge >= 0.3 is 12.0 Å². The molecule has 0 spiro atoms. The quantitative estimate of drug-likeness (QED) is 0.528. The van der Waals surface area contributed by atoms with Crippen LogP contribution in [-0.4, -0.2) is 38.7 Å². The number of carbonyl (C=O) groups excluding carboxylic acids is 1. The minimum atomic E-state index is -1.24. The molecule has 2 aromatic rings. The minimum absolute atomic E-state index is 0.107. The number of carbonyl (C=O) groups is 2. The molecule has 8 heteroatoms. The van der Waals surface area contributed by atoms with Crippen molar-refractivity contribution in [1.82, 2.24) is 15.3 Å². The standard InChI is InChI=1S/C13H14N4O4/c18-8-1-2-10(9(7-8)12(19)20)17-13(21)16-4-3-11-14-5-6-15-11/h1-2,5-7,18H,3-4H2,(H,14,15)(H,19,20)(H2,16,17,21). The number of aromatic hydroxyl groups is 1. The van der Waals surface area contributed by atoms with E-state index in [0.29, 0.717) is 13.0 Å². The lowest BCUT2D eigenvalue weighted by atomic mass is 10.1. The van der Waals surface area contributed by atoms with Crippen LogP contribution in [0.25, 0.3) is 0 Å². The van der Waals surface area contributed by atoms with Gasteiger partial charge in [0.15, 0.2) is 0 Å². The molecular weight excluding hydrogens is 276 g/mol. The summed E-state index contributed by atoms with van der Waals surface area (Å²) in [4.78, 5) is 29.6. The number of aromatic amines is 1. The predicted molar refractivity (Wildman–Crippen MR) is 74.4 cm³/mol. The third-order valence-corrected chi connectivity index (χ3v) is 2.68. The van der Waals surface area contributed by atoms with Crippen LogP contribution in [0.15, 0.2) is 30.6 Å². The lowest BCUT2D eigenvalue weighted by Gasteiger charge is -2.09. The number of phenolic OH excluding ortho intramolecular Hbond substituents is 1. The number of aromatic carboxylic acids is 1. The third-order valence-electron chi connectivity index (χ3n) is 2.68. The highest BCUT2D eigenvalue weighted by Crippen LogP contribution is 2.21. The largest absolute Gasteiger partial charge is 0.508 e. The number of hydrogen-bond acceptors (Lipinski definition) is 4. The number of H-pyrrole nitrogens is 1. The first kappa shape index (κ1) is 14.4. The van der Waals surface area contributed by atoms with Gasteiger partial charge in [0.25, 0.3) is 0 Å². The maximum Gasteiger partial charge on any atom is 0.337 e. The first-order chi connectivity index (χ1) is 10.1. The topological polar surface area (TPSA) is 127 Å². The van der Waals surface area contributed by atoms with Gasteiger partial charge < -0.3 is 25.8 Å². The van der Waals surface area contributed by atoms with Gasteiger partial charge in [0.05, 0.1) is 11.3 Å². The first-order valence-electron chi connectivity index (χ1n) is 6.15. The van der Waals surface area contributed by atoms with Crippen LogP contribution >= 0.6 is 0 Å². The molecule has 110 valence electrons. The molecule has 0 aliphatic rings. The number of nitrogens with one attached hydrogen (secondary N) is 3. The van der Waals surface area contributed by atoms with Crippen molar-refractivity contribution < 1.29 is 19.8 Å². The zero-order valence-electron chi connectivity index (χ0n) is 11.0. The second-order valence-corrected chi connectivity index (χ2v) is 4.20. The summed E-state index contributed by atoms with van der Waals surface area (Å²) in [5, 5.41) is 23.3. The molecule has 1 aromatic carbocycles. The Hall–Kier alpha value is -3.03. The molecule has 0 aliphatic carbocycles. The molecule has 5 N–H and O–H groups in total. The van der Waals surface area contributed by atoms with Crippen LogP contribution in [0, 0.1) is 0 Å². The molecular formula is C13H14N4O4. The maximum atomic E-state index is 11.7. The molecule has 8 nitrogen and oxygen atoms in total. The summed E-state index contributed by atoms with van der Waals surface area (Å²) in [7, 11) is 0. The van der Waals surface area contributed by atoms with Crippen LogP contribution in [0.4, 0.5) is 10.5 Å². The number of hydrogen-bond donors (Lipinski definition) is 5. The van der Waals surface area contributed by atoms with Crippen molar-refractivity contribution >= 4 is 17.7 Å². The highest BCUT2D eigenvalue weighted by Gasteiger charge is 2.13. The summed E-state index contributed by atoms with van der Waals surface area (Å²) in [6.45, 7) is 0.347. The van der Waals surface area contributed by atoms with E-state index in [1.807, 2.05) is 0 Å². The van der Waals surface area contributed by atoms with Crippen LogP contribution in [0.2, 0.25) is 0 Å². The summed E-state index contributed by atoms with van der Waals surface area (Å²) in [6, 6.07) is 3.16. The fourth-order valence-corrected chi connectivity index (χ4v) is 1.71. The van der Waals surface area contributed by atoms with E-state index in [9.17, 15) is 14.7 Å². The van der Waals surface area contributed by atoms with Crippen molar-refractivity contribution in [2.24, 2.45) is 0 Å². The number of benzene rings is 1. The Morgan fingerprint density at radius 2 is 2.14 bits per heavy atom. The second-order valence-electron chi connectivity index (χ2n) is 4.20. The number of phenols is 1. The molecule has 2 rings (SSSR count). The van der Waals surface area contributed by atoms with E-state index in [1.54, 1.807) is 12.4 Å². The lowest BCUT2D eigenvalue weighted by molar-refractivity contribution is 0.0697. The van der Waals surface area contributed by atoms with E-state index >= 15 is 0 Å². The van der Waals surface area contributed by atoms with Gasteiger partial charge in [-0.15, -0.1) is 0 Å². The van der Waals surface area contributed by atoms with Crippen molar-refractivity contribution in [2.75, 3.05) is 11.9 Å². The van der Waals surface area contributed by atoms with Gasteiger partial charge in [-0.2, -0.15) is 0 Å². The summed E-state index contributed by atoms with van der Waals surface area (Å²) >= 11 is 0. The Labute approximate surface area is 119 Å². The Kier molecular flexibility index (Phi) is 4.39. The van der Waals surface area contributed by atoms with E-state index in [1.165, 1.54) is 12.1 Å². The van der Waals surface area contributed by atoms with Crippen molar-refractivity contribution in [1.29, 1.82) is 0 Å². The van der Waals surface area contributed by atoms with Crippen LogP contribution in [0.3, 0.4) is 0 Å². The van der Waals surface area contributed by atoms with Gasteiger partial charge in [0, 0.05) is 25.4 Å². The number of aromatic nitrogens is 2. The number of rotatable bonds is 5. The van der Waals surface area contributed by atoms with Crippen molar-refractivity contribution in [3.8, 4) is 5.75 Å². The zero-order chi connectivity index (χ0) is 15.2. The summed E-state index contributed by atoms with van der Waals surface area (Å²) in [5.41, 5.74) is -0.0769. The number of nitrogens with zero attached hydrogens (tertiary/aromatic N) is 1. The molecule has 0 unspecified atom stereocenters. The molecule has 21 heavy (non-hydrogen) atoms. The van der Waals surface area contributed by atoms with Gasteiger partial charge in [0.2, 0.25) is 0 Å². The highest BCUT2D eigenvalue weighted by molar-refractivity contribution is 6.00. The number of carboxylic acid groups (broad SMARTS) is 1. The Morgan fingerprint density at radius 1 is 1.33 bits per heavy atom. The van der Waals surface area contributed by atoms with Gasteiger partial charge in [-0.25, -0.2) is 14.6 Å². The van der Waals surface area contributed by atoms with Gasteiger partial charge in [-0.3, -0.25) is 0 Å². The van der Waals surface area contributed by atoms with Crippen LogP contribution in [0.1, 0.15) is 16.2 Å². The van der Waals surface area contributed by atoms with E-state index in [2.05, 4.69) is 20.6 Å². The van der Waals surface area contributed by atoms with Crippen LogP contribution < -0.4 is 10.6 Å². The average molecular weight is 290 g/mol. The zero-order valence-corrected chi connectivity index (χ0v) is 11.0. The molecule has 0 bridgehead atoms. The van der Waals surface area contributed by atoms with Gasteiger partial charge in [-0.1, -0.05) is 0 Å². The normalized spacial score (nSPS) is 10.1. The van der Waals surface area contributed by atoms with E-state index in [-0.39, 0.29) is 17.0 Å². The number of carboxylic acids is 1. The summed E-state index contributed by atoms with van der Waals surface area (Å²) in [5.74, 6) is -0.681. The Bertz CT molecular complexity index is 640. The van der Waals surface area contributed by atoms with Gasteiger partial charge in [-0.05, 0) is 18.2 Å². The fourth-order valence-electron chi connectivity index (χ4n) is 1.71. The molecule has 0 saturated carbocycles. The Balaban J connectivity index is 1.92. The third kappa shape index (κ3) is 3.96. The summed E-state index contributed by atoms with van der Waals surface area (Å²) in [6.07, 6.45) is 3.83. The van der Waals surface area contributed by atoms with E-state index in [4.69, 9.17) is 5.11 Å². The van der Waals surface area contributed by atoms with Crippen molar-refractivity contribution in [2.45, 2.75) is 6.42 Å². The molecule has 0 atom stereocenters. The van der Waals surface area contributed by atoms with Crippen LogP contribution in [0.5, 0.6) is 5.75 Å². The SMILES string of the molecule is O=C(NCCc1ncc[nH]1)Nc1ccc(O)cc1C(=O)O. The molecule has 2 amide bonds. The molecule has 1 heterocycles. The average Bonchev–Trinajstić information content (AvgIpc) is 2.94. The number of imidazole rings is 1. The molecule has 1 aromatic heterocycles. The highest BCUT2D eigenvalue weighted by atomic mass is 16.4. The fraction of sp³-hybridized carbons (Fsp3) is 0.154. The second kappa shape index (κ2) is 6.42. The van der Waals surface area contributed by atoms with Crippen LogP contribution in [-0.2, 0) is 6.42 Å². The molecule has 0 radical (unpaired) electrons.